The molecule has 8 rings (SSSR count). The van der Waals surface area contributed by atoms with Gasteiger partial charge in [0.15, 0.2) is 0 Å². The van der Waals surface area contributed by atoms with E-state index in [2.05, 4.69) is 208 Å². The van der Waals surface area contributed by atoms with E-state index in [9.17, 15) is 0 Å². The zero-order valence-corrected chi connectivity index (χ0v) is 38.0. The molecule has 0 bridgehead atoms. The first-order chi connectivity index (χ1) is 28.5. The highest BCUT2D eigenvalue weighted by Gasteiger charge is 2.24. The summed E-state index contributed by atoms with van der Waals surface area (Å²) in [5, 5.41) is 2.36. The molecule has 0 aliphatic carbocycles. The molecule has 0 unspecified atom stereocenters. The zero-order chi connectivity index (χ0) is 42.8. The molecule has 0 spiro atoms. The molecule has 0 amide bonds. The largest absolute Gasteiger partial charge is 0.457 e. The molecule has 0 atom stereocenters. The number of fused-ring (bicyclic) bond motifs is 3. The lowest BCUT2D eigenvalue weighted by Gasteiger charge is -2.25. The molecule has 0 N–H and O–H groups in total. The van der Waals surface area contributed by atoms with E-state index in [4.69, 9.17) is 9.72 Å². The van der Waals surface area contributed by atoms with Gasteiger partial charge in [0.1, 0.15) is 17.3 Å². The van der Waals surface area contributed by atoms with Gasteiger partial charge in [-0.2, -0.15) is 0 Å². The van der Waals surface area contributed by atoms with Crippen LogP contribution in [0.15, 0.2) is 110 Å². The number of aromatic nitrogens is 2. The van der Waals surface area contributed by atoms with Crippen LogP contribution in [0, 0.1) is 20.8 Å². The number of benzene rings is 5. The van der Waals surface area contributed by atoms with Crippen molar-refractivity contribution in [3.05, 3.63) is 149 Å². The Bertz CT molecular complexity index is 2740. The highest BCUT2D eigenvalue weighted by atomic mass is 16.5. The minimum atomic E-state index is -0.0419. The van der Waals surface area contributed by atoms with E-state index in [1.807, 2.05) is 6.20 Å². The van der Waals surface area contributed by atoms with Gasteiger partial charge >= 0.3 is 0 Å². The summed E-state index contributed by atoms with van der Waals surface area (Å²) in [6.45, 7) is 28.1. The fourth-order valence-corrected chi connectivity index (χ4v) is 9.24. The van der Waals surface area contributed by atoms with Gasteiger partial charge in [0.25, 0.3) is 0 Å². The predicted molar refractivity (Wildman–Crippen MR) is 255 cm³/mol. The SMILES string of the molecule is Cc1cc(C)c(-c2cccc3c4ccc(Oc5cc(-c6c(C(C)C)cc(C(C)C)cc6C(C)C)cc(N6C=CN(C)C6)c5)cc4n(-c4cc(C(C)(C)C)ccn4)c23)c(C)c1. The van der Waals surface area contributed by atoms with Gasteiger partial charge in [-0.1, -0.05) is 110 Å². The van der Waals surface area contributed by atoms with E-state index in [0.717, 1.165) is 46.1 Å². The van der Waals surface area contributed by atoms with Crippen molar-refractivity contribution in [3.8, 4) is 39.6 Å². The lowest BCUT2D eigenvalue weighted by atomic mass is 9.81. The van der Waals surface area contributed by atoms with Gasteiger partial charge in [-0.05, 0) is 130 Å². The molecule has 0 saturated carbocycles. The molecule has 3 heterocycles. The average Bonchev–Trinajstić information content (AvgIpc) is 3.77. The minimum Gasteiger partial charge on any atom is -0.457 e. The van der Waals surface area contributed by atoms with Crippen LogP contribution < -0.4 is 9.64 Å². The van der Waals surface area contributed by atoms with Crippen LogP contribution in [-0.2, 0) is 5.41 Å². The zero-order valence-electron chi connectivity index (χ0n) is 38.0. The molecular weight excluding hydrogens is 733 g/mol. The Morgan fingerprint density at radius 3 is 1.98 bits per heavy atom. The smallest absolute Gasteiger partial charge is 0.137 e. The number of ether oxygens (including phenoxy) is 1. The first-order valence-corrected chi connectivity index (χ1v) is 21.8. The Morgan fingerprint density at radius 2 is 1.37 bits per heavy atom. The topological polar surface area (TPSA) is 33.5 Å². The number of hydrogen-bond acceptors (Lipinski definition) is 4. The van der Waals surface area contributed by atoms with Crippen LogP contribution in [0.5, 0.6) is 11.5 Å². The minimum absolute atomic E-state index is 0.0419. The Kier molecular flexibility index (Phi) is 10.7. The average molecular weight is 795 g/mol. The van der Waals surface area contributed by atoms with Gasteiger partial charge in [0.05, 0.1) is 17.7 Å². The number of rotatable bonds is 9. The maximum Gasteiger partial charge on any atom is 0.137 e. The molecule has 1 aliphatic rings. The first kappa shape index (κ1) is 40.9. The lowest BCUT2D eigenvalue weighted by molar-refractivity contribution is 0.481. The standard InChI is InChI=1S/C55H62N4O/c1-33(2)39-27-48(34(3)4)53(49(28-39)35(5)6)40-25-42(58-22-21-57(13)32-58)30-44(26-40)60-43-17-18-45-46-15-14-16-47(52-37(8)23-36(7)24-38(52)9)54(46)59(50(45)31-43)51-29-41(19-20-56-51)55(10,11)12/h14-31,33-35H,32H2,1-13H3. The number of nitrogens with zero attached hydrogens (tertiary/aromatic N) is 4. The summed E-state index contributed by atoms with van der Waals surface area (Å²) in [6, 6.07) is 34.0. The summed E-state index contributed by atoms with van der Waals surface area (Å²) in [5.41, 5.74) is 17.5. The Balaban J connectivity index is 1.36. The van der Waals surface area contributed by atoms with Crippen molar-refractivity contribution in [2.24, 2.45) is 0 Å². The number of para-hydroxylation sites is 1. The van der Waals surface area contributed by atoms with E-state index < -0.39 is 0 Å². The van der Waals surface area contributed by atoms with Crippen LogP contribution in [-0.4, -0.2) is 28.2 Å². The fourth-order valence-electron chi connectivity index (χ4n) is 9.24. The quantitative estimate of drug-likeness (QED) is 0.146. The van der Waals surface area contributed by atoms with Gasteiger partial charge in [0.2, 0.25) is 0 Å². The Hall–Kier alpha value is -5.81. The first-order valence-electron chi connectivity index (χ1n) is 21.8. The van der Waals surface area contributed by atoms with Crippen LogP contribution >= 0.6 is 0 Å². The van der Waals surface area contributed by atoms with E-state index in [1.54, 1.807) is 0 Å². The van der Waals surface area contributed by atoms with Crippen LogP contribution in [0.25, 0.3) is 49.9 Å². The van der Waals surface area contributed by atoms with Gasteiger partial charge < -0.3 is 14.5 Å². The number of pyridine rings is 1. The van der Waals surface area contributed by atoms with Crippen molar-refractivity contribution in [2.75, 3.05) is 18.6 Å². The van der Waals surface area contributed by atoms with Gasteiger partial charge in [-0.15, -0.1) is 0 Å². The number of hydrogen-bond donors (Lipinski definition) is 0. The molecule has 0 fully saturated rings. The van der Waals surface area contributed by atoms with Crippen molar-refractivity contribution in [1.29, 1.82) is 0 Å². The van der Waals surface area contributed by atoms with E-state index in [0.29, 0.717) is 17.8 Å². The van der Waals surface area contributed by atoms with Crippen LogP contribution in [0.1, 0.15) is 119 Å². The lowest BCUT2D eigenvalue weighted by Crippen LogP contribution is -2.21. The second kappa shape index (κ2) is 15.7. The highest BCUT2D eigenvalue weighted by Crippen LogP contribution is 2.45. The van der Waals surface area contributed by atoms with Gasteiger partial charge in [-0.3, -0.25) is 4.57 Å². The maximum atomic E-state index is 7.07. The molecule has 7 aromatic rings. The third-order valence-corrected chi connectivity index (χ3v) is 12.3. The molecular formula is C55H62N4O. The summed E-state index contributed by atoms with van der Waals surface area (Å²) in [5.74, 6) is 3.65. The third-order valence-electron chi connectivity index (χ3n) is 12.3. The second-order valence-electron chi connectivity index (χ2n) is 19.2. The summed E-state index contributed by atoms with van der Waals surface area (Å²) < 4.78 is 9.44. The molecule has 5 nitrogen and oxygen atoms in total. The molecule has 0 radical (unpaired) electrons. The van der Waals surface area contributed by atoms with E-state index in [-0.39, 0.29) is 5.41 Å². The number of anilines is 1. The molecule has 5 aromatic carbocycles. The van der Waals surface area contributed by atoms with Crippen molar-refractivity contribution in [3.63, 3.8) is 0 Å². The van der Waals surface area contributed by atoms with Crippen molar-refractivity contribution in [2.45, 2.75) is 106 Å². The van der Waals surface area contributed by atoms with Crippen molar-refractivity contribution >= 4 is 27.5 Å². The highest BCUT2D eigenvalue weighted by molar-refractivity contribution is 6.14. The predicted octanol–water partition coefficient (Wildman–Crippen LogP) is 15.1. The van der Waals surface area contributed by atoms with E-state index >= 15 is 0 Å². The van der Waals surface area contributed by atoms with Crippen molar-refractivity contribution < 1.29 is 4.74 Å². The third kappa shape index (κ3) is 7.59. The van der Waals surface area contributed by atoms with Crippen LogP contribution in [0.4, 0.5) is 5.69 Å². The molecule has 308 valence electrons. The Morgan fingerprint density at radius 1 is 0.667 bits per heavy atom. The summed E-state index contributed by atoms with van der Waals surface area (Å²) in [4.78, 5) is 9.58. The molecule has 0 saturated heterocycles. The van der Waals surface area contributed by atoms with Crippen molar-refractivity contribution in [1.82, 2.24) is 14.5 Å². The monoisotopic (exact) mass is 794 g/mol. The van der Waals surface area contributed by atoms with Gasteiger partial charge in [0, 0.05) is 59.8 Å². The molecule has 2 aromatic heterocycles. The van der Waals surface area contributed by atoms with Crippen LogP contribution in [0.2, 0.25) is 0 Å². The Labute approximate surface area is 358 Å². The fraction of sp³-hybridized carbons (Fsp3) is 0.327. The maximum absolute atomic E-state index is 7.07. The van der Waals surface area contributed by atoms with E-state index in [1.165, 1.54) is 66.6 Å². The summed E-state index contributed by atoms with van der Waals surface area (Å²) in [6.07, 6.45) is 6.25. The van der Waals surface area contributed by atoms with Crippen LogP contribution in [0.3, 0.4) is 0 Å². The summed E-state index contributed by atoms with van der Waals surface area (Å²) in [7, 11) is 2.11. The molecule has 60 heavy (non-hydrogen) atoms. The molecule has 5 heteroatoms. The van der Waals surface area contributed by atoms with Gasteiger partial charge in [-0.25, -0.2) is 4.98 Å². The normalized spacial score (nSPS) is 13.3. The number of aryl methyl sites for hydroxylation is 3. The summed E-state index contributed by atoms with van der Waals surface area (Å²) >= 11 is 0. The molecule has 1 aliphatic heterocycles. The second-order valence-corrected chi connectivity index (χ2v) is 19.2.